The first kappa shape index (κ1) is 20.0. The van der Waals surface area contributed by atoms with Gasteiger partial charge in [-0.25, -0.2) is 13.1 Å². The molecule has 9 heteroatoms. The molecule has 2 heterocycles. The van der Waals surface area contributed by atoms with Gasteiger partial charge in [0.15, 0.2) is 0 Å². The zero-order chi connectivity index (χ0) is 19.3. The van der Waals surface area contributed by atoms with E-state index in [1.54, 1.807) is 23.5 Å². The summed E-state index contributed by atoms with van der Waals surface area (Å²) in [6.45, 7) is 4.53. The molecule has 1 aliphatic heterocycles. The highest BCUT2D eigenvalue weighted by molar-refractivity contribution is 7.89. The number of ether oxygens (including phenoxy) is 1. The number of morpholine rings is 1. The minimum atomic E-state index is -3.65. The monoisotopic (exact) mass is 409 g/mol. The SMILES string of the molecule is CC(=O)Nc1ccc(S(=O)(=O)NC[C@@H](c2ccsc2)N2CCOCC2)cc1. The lowest BCUT2D eigenvalue weighted by molar-refractivity contribution is -0.114. The van der Waals surface area contributed by atoms with Gasteiger partial charge in [-0.3, -0.25) is 9.69 Å². The number of nitrogens with one attached hydrogen (secondary N) is 2. The van der Waals surface area contributed by atoms with Crippen LogP contribution in [0.1, 0.15) is 18.5 Å². The van der Waals surface area contributed by atoms with Gasteiger partial charge in [0.25, 0.3) is 0 Å². The number of carbonyl (C=O) groups is 1. The summed E-state index contributed by atoms with van der Waals surface area (Å²) >= 11 is 1.60. The number of amides is 1. The molecule has 2 aromatic rings. The van der Waals surface area contributed by atoms with Gasteiger partial charge < -0.3 is 10.1 Å². The predicted octanol–water partition coefficient (Wildman–Crippen LogP) is 2.06. The molecule has 1 aromatic heterocycles. The van der Waals surface area contributed by atoms with Crippen molar-refractivity contribution < 1.29 is 17.9 Å². The first-order valence-corrected chi connectivity index (χ1v) is 11.1. The highest BCUT2D eigenvalue weighted by Crippen LogP contribution is 2.24. The highest BCUT2D eigenvalue weighted by atomic mass is 32.2. The molecule has 1 amide bonds. The van der Waals surface area contributed by atoms with Crippen molar-refractivity contribution in [3.8, 4) is 0 Å². The van der Waals surface area contributed by atoms with Gasteiger partial charge in [-0.1, -0.05) is 0 Å². The lowest BCUT2D eigenvalue weighted by atomic mass is 10.1. The highest BCUT2D eigenvalue weighted by Gasteiger charge is 2.25. The largest absolute Gasteiger partial charge is 0.379 e. The van der Waals surface area contributed by atoms with Crippen molar-refractivity contribution in [2.24, 2.45) is 0 Å². The van der Waals surface area contributed by atoms with Gasteiger partial charge >= 0.3 is 0 Å². The van der Waals surface area contributed by atoms with Crippen LogP contribution >= 0.6 is 11.3 Å². The molecule has 3 rings (SSSR count). The minimum absolute atomic E-state index is 0.0337. The van der Waals surface area contributed by atoms with Crippen LogP contribution in [0.5, 0.6) is 0 Å². The Morgan fingerprint density at radius 3 is 2.52 bits per heavy atom. The van der Waals surface area contributed by atoms with E-state index in [4.69, 9.17) is 4.74 Å². The maximum atomic E-state index is 12.7. The molecule has 1 saturated heterocycles. The molecular weight excluding hydrogens is 386 g/mol. The van der Waals surface area contributed by atoms with Crippen LogP contribution in [0.15, 0.2) is 46.0 Å². The van der Waals surface area contributed by atoms with Gasteiger partial charge in [-0.2, -0.15) is 11.3 Å². The second-order valence-electron chi connectivity index (χ2n) is 6.28. The molecule has 1 fully saturated rings. The Hall–Kier alpha value is -1.78. The number of nitrogens with zero attached hydrogens (tertiary/aromatic N) is 1. The number of benzene rings is 1. The molecule has 1 aliphatic rings. The molecule has 0 aliphatic carbocycles. The first-order chi connectivity index (χ1) is 13.0. The fourth-order valence-corrected chi connectivity index (χ4v) is 4.75. The number of rotatable bonds is 7. The summed E-state index contributed by atoms with van der Waals surface area (Å²) in [5.74, 6) is -0.201. The summed E-state index contributed by atoms with van der Waals surface area (Å²) in [5.41, 5.74) is 1.66. The van der Waals surface area contributed by atoms with Gasteiger partial charge in [0.2, 0.25) is 15.9 Å². The number of thiophene rings is 1. The zero-order valence-corrected chi connectivity index (χ0v) is 16.7. The summed E-state index contributed by atoms with van der Waals surface area (Å²) in [5, 5.41) is 6.67. The van der Waals surface area contributed by atoms with Crippen molar-refractivity contribution in [2.45, 2.75) is 17.9 Å². The van der Waals surface area contributed by atoms with Crippen molar-refractivity contribution >= 4 is 33.0 Å². The Labute approximate surface area is 163 Å². The lowest BCUT2D eigenvalue weighted by Crippen LogP contribution is -2.43. The van der Waals surface area contributed by atoms with E-state index in [9.17, 15) is 13.2 Å². The summed E-state index contributed by atoms with van der Waals surface area (Å²) in [6, 6.07) is 8.13. The Bertz CT molecular complexity index is 845. The maximum Gasteiger partial charge on any atom is 0.240 e. The molecular formula is C18H23N3O4S2. The predicted molar refractivity (Wildman–Crippen MR) is 105 cm³/mol. The Morgan fingerprint density at radius 2 is 1.93 bits per heavy atom. The molecule has 1 aromatic carbocycles. The third kappa shape index (κ3) is 5.36. The summed E-state index contributed by atoms with van der Waals surface area (Å²) in [6.07, 6.45) is 0. The van der Waals surface area contributed by atoms with E-state index in [1.807, 2.05) is 11.4 Å². The van der Waals surface area contributed by atoms with Gasteiger partial charge in [-0.15, -0.1) is 0 Å². The third-order valence-electron chi connectivity index (χ3n) is 4.37. The molecule has 0 spiro atoms. The van der Waals surface area contributed by atoms with E-state index in [0.717, 1.165) is 18.7 Å². The molecule has 27 heavy (non-hydrogen) atoms. The van der Waals surface area contributed by atoms with Gasteiger partial charge in [-0.05, 0) is 46.7 Å². The Kier molecular flexibility index (Phi) is 6.61. The number of sulfonamides is 1. The van der Waals surface area contributed by atoms with E-state index in [-0.39, 0.29) is 23.4 Å². The smallest absolute Gasteiger partial charge is 0.240 e. The van der Waals surface area contributed by atoms with E-state index in [2.05, 4.69) is 20.3 Å². The van der Waals surface area contributed by atoms with E-state index in [1.165, 1.54) is 19.1 Å². The van der Waals surface area contributed by atoms with Gasteiger partial charge in [0.05, 0.1) is 18.1 Å². The van der Waals surface area contributed by atoms with Crippen molar-refractivity contribution in [1.29, 1.82) is 0 Å². The molecule has 0 unspecified atom stereocenters. The topological polar surface area (TPSA) is 87.7 Å². The van der Waals surface area contributed by atoms with Crippen LogP contribution in [0, 0.1) is 0 Å². The first-order valence-electron chi connectivity index (χ1n) is 8.67. The molecule has 146 valence electrons. The molecule has 0 bridgehead atoms. The summed E-state index contributed by atoms with van der Waals surface area (Å²) in [4.78, 5) is 13.5. The van der Waals surface area contributed by atoms with Gasteiger partial charge in [0.1, 0.15) is 0 Å². The molecule has 7 nitrogen and oxygen atoms in total. The van der Waals surface area contributed by atoms with E-state index < -0.39 is 10.0 Å². The molecule has 1 atom stereocenters. The van der Waals surface area contributed by atoms with Crippen LogP contribution in [-0.2, 0) is 19.6 Å². The number of hydrogen-bond acceptors (Lipinski definition) is 6. The normalized spacial score (nSPS) is 16.8. The fraction of sp³-hybridized carbons (Fsp3) is 0.389. The van der Waals surface area contributed by atoms with Crippen LogP contribution in [0.2, 0.25) is 0 Å². The quantitative estimate of drug-likeness (QED) is 0.731. The van der Waals surface area contributed by atoms with Crippen LogP contribution in [0.4, 0.5) is 5.69 Å². The van der Waals surface area contributed by atoms with Crippen LogP contribution in [-0.4, -0.2) is 52.1 Å². The molecule has 0 saturated carbocycles. The fourth-order valence-electron chi connectivity index (χ4n) is 3.00. The van der Waals surface area contributed by atoms with Crippen molar-refractivity contribution in [1.82, 2.24) is 9.62 Å². The number of carbonyl (C=O) groups excluding carboxylic acids is 1. The standard InChI is InChI=1S/C18H23N3O4S2/c1-14(22)20-16-2-4-17(5-3-16)27(23,24)19-12-18(15-6-11-26-13-15)21-7-9-25-10-8-21/h2-6,11,13,18-19H,7-10,12H2,1H3,(H,20,22)/t18-/m0/s1. The van der Waals surface area contributed by atoms with Crippen LogP contribution in [0.3, 0.4) is 0 Å². The van der Waals surface area contributed by atoms with Crippen molar-refractivity contribution in [3.05, 3.63) is 46.7 Å². The average Bonchev–Trinajstić information content (AvgIpc) is 3.17. The average molecular weight is 410 g/mol. The van der Waals surface area contributed by atoms with Gasteiger partial charge in [0, 0.05) is 38.3 Å². The van der Waals surface area contributed by atoms with Crippen LogP contribution < -0.4 is 10.0 Å². The summed E-state index contributed by atoms with van der Waals surface area (Å²) in [7, 11) is -3.65. The minimum Gasteiger partial charge on any atom is -0.379 e. The second kappa shape index (κ2) is 8.94. The van der Waals surface area contributed by atoms with Crippen LogP contribution in [0.25, 0.3) is 0 Å². The number of anilines is 1. The van der Waals surface area contributed by atoms with E-state index >= 15 is 0 Å². The lowest BCUT2D eigenvalue weighted by Gasteiger charge is -2.34. The molecule has 0 radical (unpaired) electrons. The van der Waals surface area contributed by atoms with Crippen molar-refractivity contribution in [3.63, 3.8) is 0 Å². The number of hydrogen-bond donors (Lipinski definition) is 2. The van der Waals surface area contributed by atoms with Crippen molar-refractivity contribution in [2.75, 3.05) is 38.2 Å². The third-order valence-corrected chi connectivity index (χ3v) is 6.51. The van der Waals surface area contributed by atoms with E-state index in [0.29, 0.717) is 18.9 Å². The summed E-state index contributed by atoms with van der Waals surface area (Å²) < 4.78 is 33.5. The molecule has 2 N–H and O–H groups in total. The second-order valence-corrected chi connectivity index (χ2v) is 8.83. The Morgan fingerprint density at radius 1 is 1.22 bits per heavy atom. The zero-order valence-electron chi connectivity index (χ0n) is 15.1. The Balaban J connectivity index is 1.70. The maximum absolute atomic E-state index is 12.7.